The van der Waals surface area contributed by atoms with Crippen LogP contribution in [0.1, 0.15) is 38.4 Å². The lowest BCUT2D eigenvalue weighted by Crippen LogP contribution is -2.25. The van der Waals surface area contributed by atoms with E-state index in [0.29, 0.717) is 11.9 Å². The fraction of sp³-hybridized carbons (Fsp3) is 0.692. The average molecular weight is 235 g/mol. The molecule has 1 aliphatic rings. The molecule has 0 bridgehead atoms. The molecule has 4 nitrogen and oxygen atoms in total. The van der Waals surface area contributed by atoms with Gasteiger partial charge in [0, 0.05) is 12.1 Å². The Bertz CT molecular complexity index is 373. The van der Waals surface area contributed by atoms with Gasteiger partial charge in [0.2, 0.25) is 5.88 Å². The molecule has 1 aromatic heterocycles. The first kappa shape index (κ1) is 12.1. The number of methoxy groups -OCH3 is 1. The lowest BCUT2D eigenvalue weighted by molar-refractivity contribution is 0.360. The molecule has 1 fully saturated rings. The van der Waals surface area contributed by atoms with Crippen molar-refractivity contribution in [3.63, 3.8) is 0 Å². The van der Waals surface area contributed by atoms with Crippen LogP contribution in [-0.4, -0.2) is 23.1 Å². The number of anilines is 1. The second kappa shape index (κ2) is 5.34. The van der Waals surface area contributed by atoms with Gasteiger partial charge in [-0.2, -0.15) is 4.98 Å². The maximum atomic E-state index is 5.15. The Balaban J connectivity index is 2.00. The van der Waals surface area contributed by atoms with E-state index in [1.165, 1.54) is 25.7 Å². The van der Waals surface area contributed by atoms with Crippen LogP contribution in [0, 0.1) is 12.8 Å². The number of aryl methyl sites for hydroxylation is 1. The maximum Gasteiger partial charge on any atom is 0.218 e. The van der Waals surface area contributed by atoms with Crippen molar-refractivity contribution in [2.75, 3.05) is 12.4 Å². The Morgan fingerprint density at radius 3 is 2.59 bits per heavy atom. The third-order valence-corrected chi connectivity index (χ3v) is 3.39. The van der Waals surface area contributed by atoms with E-state index in [0.717, 1.165) is 17.6 Å². The van der Waals surface area contributed by atoms with Crippen molar-refractivity contribution in [3.05, 3.63) is 11.9 Å². The van der Waals surface area contributed by atoms with Gasteiger partial charge in [-0.15, -0.1) is 0 Å². The zero-order valence-electron chi connectivity index (χ0n) is 10.9. The smallest absolute Gasteiger partial charge is 0.218 e. The van der Waals surface area contributed by atoms with Gasteiger partial charge in [0.15, 0.2) is 0 Å². The normalized spacial score (nSPS) is 24.4. The molecule has 0 saturated heterocycles. The van der Waals surface area contributed by atoms with Crippen molar-refractivity contribution in [1.29, 1.82) is 0 Å². The van der Waals surface area contributed by atoms with E-state index in [9.17, 15) is 0 Å². The summed E-state index contributed by atoms with van der Waals surface area (Å²) >= 11 is 0. The largest absolute Gasteiger partial charge is 0.481 e. The molecule has 4 heteroatoms. The van der Waals surface area contributed by atoms with E-state index in [4.69, 9.17) is 4.74 Å². The molecule has 17 heavy (non-hydrogen) atoms. The van der Waals surface area contributed by atoms with Crippen LogP contribution in [0.5, 0.6) is 5.88 Å². The van der Waals surface area contributed by atoms with Gasteiger partial charge in [-0.3, -0.25) is 0 Å². The van der Waals surface area contributed by atoms with Crippen LogP contribution in [0.3, 0.4) is 0 Å². The predicted octanol–water partition coefficient (Wildman–Crippen LogP) is 2.78. The Morgan fingerprint density at radius 2 is 1.94 bits per heavy atom. The van der Waals surface area contributed by atoms with Crippen molar-refractivity contribution in [2.24, 2.45) is 5.92 Å². The number of hydrogen-bond acceptors (Lipinski definition) is 4. The van der Waals surface area contributed by atoms with Crippen LogP contribution in [0.25, 0.3) is 0 Å². The summed E-state index contributed by atoms with van der Waals surface area (Å²) in [6, 6.07) is 2.41. The first-order valence-corrected chi connectivity index (χ1v) is 6.33. The van der Waals surface area contributed by atoms with Crippen LogP contribution >= 0.6 is 0 Å². The topological polar surface area (TPSA) is 47.0 Å². The third kappa shape index (κ3) is 3.32. The molecule has 94 valence electrons. The Labute approximate surface area is 103 Å². The SMILES string of the molecule is COc1cc(NC2CCC(C)CC2)nc(C)n1. The van der Waals surface area contributed by atoms with Gasteiger partial charge < -0.3 is 10.1 Å². The van der Waals surface area contributed by atoms with Gasteiger partial charge in [0.05, 0.1) is 7.11 Å². The van der Waals surface area contributed by atoms with Gasteiger partial charge in [-0.1, -0.05) is 6.92 Å². The highest BCUT2D eigenvalue weighted by molar-refractivity contribution is 5.39. The fourth-order valence-corrected chi connectivity index (χ4v) is 2.33. The Kier molecular flexibility index (Phi) is 3.82. The van der Waals surface area contributed by atoms with Crippen molar-refractivity contribution in [1.82, 2.24) is 9.97 Å². The second-order valence-electron chi connectivity index (χ2n) is 4.94. The average Bonchev–Trinajstić information content (AvgIpc) is 2.31. The second-order valence-corrected chi connectivity index (χ2v) is 4.94. The van der Waals surface area contributed by atoms with Crippen LogP contribution in [0.2, 0.25) is 0 Å². The van der Waals surface area contributed by atoms with Crippen molar-refractivity contribution < 1.29 is 4.74 Å². The first-order valence-electron chi connectivity index (χ1n) is 6.33. The van der Waals surface area contributed by atoms with Gasteiger partial charge in [-0.25, -0.2) is 4.98 Å². The number of rotatable bonds is 3. The summed E-state index contributed by atoms with van der Waals surface area (Å²) in [6.45, 7) is 4.21. The molecule has 0 aliphatic heterocycles. The molecular weight excluding hydrogens is 214 g/mol. The number of nitrogens with zero attached hydrogens (tertiary/aromatic N) is 2. The summed E-state index contributed by atoms with van der Waals surface area (Å²) < 4.78 is 5.15. The van der Waals surface area contributed by atoms with E-state index >= 15 is 0 Å². The molecule has 0 aromatic carbocycles. The monoisotopic (exact) mass is 235 g/mol. The molecule has 1 aliphatic carbocycles. The first-order chi connectivity index (χ1) is 8.17. The minimum absolute atomic E-state index is 0.546. The third-order valence-electron chi connectivity index (χ3n) is 3.39. The highest BCUT2D eigenvalue weighted by atomic mass is 16.5. The molecule has 1 N–H and O–H groups in total. The van der Waals surface area contributed by atoms with E-state index in [1.54, 1.807) is 7.11 Å². The van der Waals surface area contributed by atoms with Crippen molar-refractivity contribution >= 4 is 5.82 Å². The van der Waals surface area contributed by atoms with E-state index in [1.807, 2.05) is 13.0 Å². The van der Waals surface area contributed by atoms with Crippen molar-refractivity contribution in [2.45, 2.75) is 45.6 Å². The van der Waals surface area contributed by atoms with Gasteiger partial charge in [-0.05, 0) is 38.5 Å². The summed E-state index contributed by atoms with van der Waals surface area (Å²) in [5.74, 6) is 3.13. The summed E-state index contributed by atoms with van der Waals surface area (Å²) in [5.41, 5.74) is 0. The lowest BCUT2D eigenvalue weighted by Gasteiger charge is -2.27. The molecule has 2 rings (SSSR count). The van der Waals surface area contributed by atoms with Crippen LogP contribution < -0.4 is 10.1 Å². The molecule has 0 radical (unpaired) electrons. The van der Waals surface area contributed by atoms with E-state index in [2.05, 4.69) is 22.2 Å². The lowest BCUT2D eigenvalue weighted by atomic mass is 9.87. The van der Waals surface area contributed by atoms with Crippen LogP contribution in [0.15, 0.2) is 6.07 Å². The number of nitrogens with one attached hydrogen (secondary N) is 1. The van der Waals surface area contributed by atoms with E-state index in [-0.39, 0.29) is 0 Å². The number of aromatic nitrogens is 2. The number of ether oxygens (including phenoxy) is 1. The molecular formula is C13H21N3O. The fourth-order valence-electron chi connectivity index (χ4n) is 2.33. The Hall–Kier alpha value is -1.32. The minimum atomic E-state index is 0.546. The highest BCUT2D eigenvalue weighted by Gasteiger charge is 2.18. The molecule has 1 saturated carbocycles. The Morgan fingerprint density at radius 1 is 1.24 bits per heavy atom. The molecule has 0 amide bonds. The van der Waals surface area contributed by atoms with Crippen LogP contribution in [-0.2, 0) is 0 Å². The molecule has 0 unspecified atom stereocenters. The summed E-state index contributed by atoms with van der Waals surface area (Å²) in [4.78, 5) is 8.58. The zero-order chi connectivity index (χ0) is 12.3. The number of hydrogen-bond donors (Lipinski definition) is 1. The standard InChI is InChI=1S/C13H21N3O/c1-9-4-6-11(7-5-9)16-12-8-13(17-3)15-10(2)14-12/h8-9,11H,4-7H2,1-3H3,(H,14,15,16). The molecule has 1 heterocycles. The zero-order valence-corrected chi connectivity index (χ0v) is 10.9. The summed E-state index contributed by atoms with van der Waals surface area (Å²) in [5, 5.41) is 3.49. The van der Waals surface area contributed by atoms with Crippen LogP contribution in [0.4, 0.5) is 5.82 Å². The summed E-state index contributed by atoms with van der Waals surface area (Å²) in [6.07, 6.45) is 5.07. The van der Waals surface area contributed by atoms with Gasteiger partial charge in [0.1, 0.15) is 11.6 Å². The van der Waals surface area contributed by atoms with E-state index < -0.39 is 0 Å². The van der Waals surface area contributed by atoms with Gasteiger partial charge in [0.25, 0.3) is 0 Å². The molecule has 0 atom stereocenters. The molecule has 0 spiro atoms. The predicted molar refractivity (Wildman–Crippen MR) is 68.4 cm³/mol. The maximum absolute atomic E-state index is 5.15. The molecule has 1 aromatic rings. The minimum Gasteiger partial charge on any atom is -0.481 e. The highest BCUT2D eigenvalue weighted by Crippen LogP contribution is 2.26. The summed E-state index contributed by atoms with van der Waals surface area (Å²) in [7, 11) is 1.63. The van der Waals surface area contributed by atoms with Crippen molar-refractivity contribution in [3.8, 4) is 5.88 Å². The van der Waals surface area contributed by atoms with Gasteiger partial charge >= 0.3 is 0 Å². The quantitative estimate of drug-likeness (QED) is 0.875.